The van der Waals surface area contributed by atoms with Crippen molar-refractivity contribution >= 4 is 17.6 Å². The molecule has 2 aromatic carbocycles. The number of nitrogens with zero attached hydrogens (tertiary/aromatic N) is 2. The van der Waals surface area contributed by atoms with Gasteiger partial charge in [0.2, 0.25) is 0 Å². The maximum absolute atomic E-state index is 5.72. The number of aliphatic imine (C=N–C) groups is 1. The van der Waals surface area contributed by atoms with E-state index in [4.69, 9.17) is 10.6 Å². The molecule has 2 aromatic rings. The Balaban J connectivity index is 1.63. The van der Waals surface area contributed by atoms with Gasteiger partial charge in [0, 0.05) is 29.6 Å². The molecule has 0 spiro atoms. The Bertz CT molecular complexity index is 903. The zero-order valence-corrected chi connectivity index (χ0v) is 16.9. The van der Waals surface area contributed by atoms with Crippen LogP contribution in [0.4, 0.5) is 5.69 Å². The van der Waals surface area contributed by atoms with Gasteiger partial charge < -0.3 is 15.9 Å². The van der Waals surface area contributed by atoms with Crippen molar-refractivity contribution in [3.8, 4) is 11.8 Å². The highest BCUT2D eigenvalue weighted by atomic mass is 16.5. The third-order valence-corrected chi connectivity index (χ3v) is 4.84. The van der Waals surface area contributed by atoms with E-state index in [0.29, 0.717) is 18.8 Å². The number of hydrogen-bond donors (Lipinski definition) is 2. The number of benzene rings is 2. The van der Waals surface area contributed by atoms with Crippen LogP contribution in [0.25, 0.3) is 0 Å². The Labute approximate surface area is 173 Å². The number of nitrogens with two attached hydrogens (primary N) is 1. The van der Waals surface area contributed by atoms with Crippen LogP contribution in [0.2, 0.25) is 0 Å². The molecular formula is C24H28N4O. The van der Waals surface area contributed by atoms with Gasteiger partial charge in [-0.15, -0.1) is 0 Å². The molecule has 0 amide bonds. The largest absolute Gasteiger partial charge is 0.376 e. The minimum atomic E-state index is 0.203. The van der Waals surface area contributed by atoms with E-state index in [1.165, 1.54) is 6.42 Å². The molecule has 0 aromatic heterocycles. The van der Waals surface area contributed by atoms with Gasteiger partial charge in [-0.3, -0.25) is 4.99 Å². The standard InChI is InChI=1S/C24H28N4O/c1-19-12-13-20(8-7-14-27-21-9-3-2-4-10-21)16-23(19)24(28-25)18-26-17-22-11-5-6-15-29-22/h2-4,9-10,12-13,16,18,22,27H,5-6,11,14-15,17,25H2,1H3/b26-18?,28-24+. The Morgan fingerprint density at radius 3 is 2.86 bits per heavy atom. The topological polar surface area (TPSA) is 72.0 Å². The summed E-state index contributed by atoms with van der Waals surface area (Å²) in [6.45, 7) is 4.08. The van der Waals surface area contributed by atoms with Gasteiger partial charge in [0.25, 0.3) is 0 Å². The van der Waals surface area contributed by atoms with Crippen molar-refractivity contribution in [1.82, 2.24) is 0 Å². The third-order valence-electron chi connectivity index (χ3n) is 4.84. The van der Waals surface area contributed by atoms with Gasteiger partial charge in [-0.05, 0) is 56.0 Å². The summed E-state index contributed by atoms with van der Waals surface area (Å²) in [6.07, 6.45) is 5.36. The minimum absolute atomic E-state index is 0.203. The van der Waals surface area contributed by atoms with E-state index in [0.717, 1.165) is 41.8 Å². The van der Waals surface area contributed by atoms with Crippen LogP contribution in [-0.4, -0.2) is 37.7 Å². The molecule has 0 saturated carbocycles. The van der Waals surface area contributed by atoms with E-state index in [-0.39, 0.29) is 6.10 Å². The molecule has 5 nitrogen and oxygen atoms in total. The lowest BCUT2D eigenvalue weighted by Gasteiger charge is -2.20. The number of rotatable bonds is 6. The van der Waals surface area contributed by atoms with Gasteiger partial charge in [-0.2, -0.15) is 5.10 Å². The molecule has 150 valence electrons. The Kier molecular flexibility index (Phi) is 7.85. The van der Waals surface area contributed by atoms with Crippen molar-refractivity contribution in [3.05, 3.63) is 65.2 Å². The van der Waals surface area contributed by atoms with Gasteiger partial charge in [-0.1, -0.05) is 36.1 Å². The summed E-state index contributed by atoms with van der Waals surface area (Å²) in [4.78, 5) is 4.52. The van der Waals surface area contributed by atoms with Crippen molar-refractivity contribution in [2.24, 2.45) is 15.9 Å². The van der Waals surface area contributed by atoms with Crippen LogP contribution in [0.5, 0.6) is 0 Å². The molecule has 1 saturated heterocycles. The normalized spacial score (nSPS) is 17.0. The molecular weight excluding hydrogens is 360 g/mol. The summed E-state index contributed by atoms with van der Waals surface area (Å²) in [5, 5.41) is 7.23. The highest BCUT2D eigenvalue weighted by Gasteiger charge is 2.13. The maximum Gasteiger partial charge on any atom is 0.108 e. The lowest BCUT2D eigenvalue weighted by Crippen LogP contribution is -2.22. The van der Waals surface area contributed by atoms with Crippen LogP contribution < -0.4 is 11.2 Å². The first-order valence-electron chi connectivity index (χ1n) is 10.0. The fourth-order valence-electron chi connectivity index (χ4n) is 3.20. The third kappa shape index (κ3) is 6.48. The van der Waals surface area contributed by atoms with E-state index in [1.807, 2.05) is 55.5 Å². The smallest absolute Gasteiger partial charge is 0.108 e. The lowest BCUT2D eigenvalue weighted by atomic mass is 10.0. The number of nitrogens with one attached hydrogen (secondary N) is 1. The monoisotopic (exact) mass is 388 g/mol. The van der Waals surface area contributed by atoms with E-state index in [9.17, 15) is 0 Å². The highest BCUT2D eigenvalue weighted by molar-refractivity contribution is 6.38. The minimum Gasteiger partial charge on any atom is -0.376 e. The average molecular weight is 389 g/mol. The predicted octanol–water partition coefficient (Wildman–Crippen LogP) is 3.76. The fraction of sp³-hybridized carbons (Fsp3) is 0.333. The number of hydrogen-bond acceptors (Lipinski definition) is 5. The number of ether oxygens (including phenoxy) is 1. The SMILES string of the molecule is Cc1ccc(C#CCNc2ccccc2)cc1/C(C=NCC1CCCCO1)=N/N. The molecule has 0 aliphatic carbocycles. The number of hydrazone groups is 1. The van der Waals surface area contributed by atoms with Gasteiger partial charge >= 0.3 is 0 Å². The van der Waals surface area contributed by atoms with Crippen LogP contribution >= 0.6 is 0 Å². The summed E-state index contributed by atoms with van der Waals surface area (Å²) in [7, 11) is 0. The molecule has 1 aliphatic heterocycles. The van der Waals surface area contributed by atoms with Crippen molar-refractivity contribution in [2.75, 3.05) is 25.0 Å². The zero-order chi connectivity index (χ0) is 20.3. The van der Waals surface area contributed by atoms with Crippen molar-refractivity contribution < 1.29 is 4.74 Å². The average Bonchev–Trinajstić information content (AvgIpc) is 2.77. The molecule has 1 fully saturated rings. The van der Waals surface area contributed by atoms with Crippen LogP contribution in [0.3, 0.4) is 0 Å². The number of anilines is 1. The van der Waals surface area contributed by atoms with E-state index in [1.54, 1.807) is 6.21 Å². The molecule has 1 atom stereocenters. The van der Waals surface area contributed by atoms with Gasteiger partial charge in [0.05, 0.1) is 19.2 Å². The maximum atomic E-state index is 5.72. The highest BCUT2D eigenvalue weighted by Crippen LogP contribution is 2.14. The van der Waals surface area contributed by atoms with Crippen molar-refractivity contribution in [1.29, 1.82) is 0 Å². The molecule has 0 radical (unpaired) electrons. The van der Waals surface area contributed by atoms with Crippen molar-refractivity contribution in [2.45, 2.75) is 32.3 Å². The second-order valence-corrected chi connectivity index (χ2v) is 7.05. The lowest BCUT2D eigenvalue weighted by molar-refractivity contribution is 0.0226. The molecule has 1 unspecified atom stereocenters. The molecule has 1 heterocycles. The van der Waals surface area contributed by atoms with Crippen LogP contribution in [0.1, 0.15) is 36.0 Å². The summed E-state index contributed by atoms with van der Waals surface area (Å²) in [5.74, 6) is 12.0. The second kappa shape index (κ2) is 11.0. The Hall–Kier alpha value is -3.10. The van der Waals surface area contributed by atoms with Gasteiger partial charge in [0.15, 0.2) is 0 Å². The summed E-state index contributed by atoms with van der Waals surface area (Å²) in [5.41, 5.74) is 4.67. The molecule has 1 aliphatic rings. The molecule has 3 N–H and O–H groups in total. The molecule has 3 rings (SSSR count). The van der Waals surface area contributed by atoms with Crippen LogP contribution in [-0.2, 0) is 4.74 Å². The van der Waals surface area contributed by atoms with Crippen LogP contribution in [0, 0.1) is 18.8 Å². The van der Waals surface area contributed by atoms with E-state index in [2.05, 4.69) is 27.3 Å². The Morgan fingerprint density at radius 1 is 1.24 bits per heavy atom. The number of para-hydroxylation sites is 1. The quantitative estimate of drug-likeness (QED) is 0.343. The van der Waals surface area contributed by atoms with Gasteiger partial charge in [-0.25, -0.2) is 0 Å². The van der Waals surface area contributed by atoms with E-state index < -0.39 is 0 Å². The molecule has 0 bridgehead atoms. The molecule has 29 heavy (non-hydrogen) atoms. The first-order chi connectivity index (χ1) is 14.3. The zero-order valence-electron chi connectivity index (χ0n) is 16.9. The van der Waals surface area contributed by atoms with Crippen molar-refractivity contribution in [3.63, 3.8) is 0 Å². The first-order valence-corrected chi connectivity index (χ1v) is 10.0. The van der Waals surface area contributed by atoms with E-state index >= 15 is 0 Å². The number of aryl methyl sites for hydroxylation is 1. The summed E-state index contributed by atoms with van der Waals surface area (Å²) < 4.78 is 5.72. The van der Waals surface area contributed by atoms with Gasteiger partial charge in [0.1, 0.15) is 5.71 Å². The summed E-state index contributed by atoms with van der Waals surface area (Å²) >= 11 is 0. The second-order valence-electron chi connectivity index (χ2n) is 7.05. The van der Waals surface area contributed by atoms with Crippen LogP contribution in [0.15, 0.2) is 58.6 Å². The molecule has 5 heteroatoms. The first kappa shape index (κ1) is 20.6. The summed E-state index contributed by atoms with van der Waals surface area (Å²) in [6, 6.07) is 16.1. The predicted molar refractivity (Wildman–Crippen MR) is 121 cm³/mol. The Morgan fingerprint density at radius 2 is 2.10 bits per heavy atom. The fourth-order valence-corrected chi connectivity index (χ4v) is 3.20.